The molecule has 0 saturated heterocycles. The van der Waals surface area contributed by atoms with Crippen LogP contribution in [0.1, 0.15) is 10.9 Å². The monoisotopic (exact) mass is 251 g/mol. The van der Waals surface area contributed by atoms with Crippen LogP contribution < -0.4 is 5.32 Å². The first-order valence-corrected chi connectivity index (χ1v) is 5.83. The van der Waals surface area contributed by atoms with Gasteiger partial charge in [-0.05, 0) is 35.7 Å². The molecule has 2 aromatic rings. The molecule has 0 saturated carbocycles. The number of benzene rings is 1. The summed E-state index contributed by atoms with van der Waals surface area (Å²) in [7, 11) is 0. The average molecular weight is 251 g/mol. The molecule has 88 valence electrons. The van der Waals surface area contributed by atoms with Gasteiger partial charge in [0.15, 0.2) is 6.04 Å². The summed E-state index contributed by atoms with van der Waals surface area (Å²) in [6, 6.07) is 8.34. The second kappa shape index (κ2) is 4.97. The van der Waals surface area contributed by atoms with Gasteiger partial charge in [0.05, 0.1) is 0 Å². The first kappa shape index (κ1) is 11.6. The van der Waals surface area contributed by atoms with E-state index in [9.17, 15) is 9.18 Å². The highest BCUT2D eigenvalue weighted by Crippen LogP contribution is 2.23. The molecule has 0 fully saturated rings. The molecule has 0 bridgehead atoms. The van der Waals surface area contributed by atoms with Crippen LogP contribution in [-0.4, -0.2) is 11.1 Å². The van der Waals surface area contributed by atoms with Crippen LogP contribution in [0.5, 0.6) is 0 Å². The Morgan fingerprint density at radius 3 is 2.53 bits per heavy atom. The highest BCUT2D eigenvalue weighted by molar-refractivity contribution is 7.10. The lowest BCUT2D eigenvalue weighted by atomic mass is 10.2. The number of halogens is 1. The van der Waals surface area contributed by atoms with Gasteiger partial charge >= 0.3 is 5.97 Å². The van der Waals surface area contributed by atoms with Crippen molar-refractivity contribution >= 4 is 23.0 Å². The topological polar surface area (TPSA) is 49.3 Å². The summed E-state index contributed by atoms with van der Waals surface area (Å²) in [6.07, 6.45) is 0. The van der Waals surface area contributed by atoms with Crippen molar-refractivity contribution in [3.63, 3.8) is 0 Å². The molecule has 0 aliphatic heterocycles. The minimum atomic E-state index is -0.961. The molecule has 0 unspecified atom stereocenters. The fraction of sp³-hybridized carbons (Fsp3) is 0.0833. The summed E-state index contributed by atoms with van der Waals surface area (Å²) in [5, 5.41) is 13.8. The van der Waals surface area contributed by atoms with E-state index in [1.165, 1.54) is 35.6 Å². The third kappa shape index (κ3) is 2.82. The normalized spacial score (nSPS) is 12.1. The molecule has 2 rings (SSSR count). The van der Waals surface area contributed by atoms with Crippen molar-refractivity contribution in [3.05, 3.63) is 52.5 Å². The first-order chi connectivity index (χ1) is 8.16. The minimum absolute atomic E-state index is 0.349. The molecule has 1 aromatic carbocycles. The fourth-order valence-electron chi connectivity index (χ4n) is 1.42. The Kier molecular flexibility index (Phi) is 3.39. The van der Waals surface area contributed by atoms with Crippen molar-refractivity contribution in [1.29, 1.82) is 0 Å². The molecule has 0 aliphatic carbocycles. The summed E-state index contributed by atoms with van der Waals surface area (Å²) in [5.74, 6) is -1.31. The second-order valence-corrected chi connectivity index (χ2v) is 4.42. The van der Waals surface area contributed by atoms with E-state index in [-0.39, 0.29) is 5.82 Å². The lowest BCUT2D eigenvalue weighted by Gasteiger charge is -2.14. The third-order valence-electron chi connectivity index (χ3n) is 2.23. The lowest BCUT2D eigenvalue weighted by molar-refractivity contribution is -0.138. The van der Waals surface area contributed by atoms with Gasteiger partial charge in [0.25, 0.3) is 0 Å². The molecule has 17 heavy (non-hydrogen) atoms. The Morgan fingerprint density at radius 2 is 2.00 bits per heavy atom. The maximum absolute atomic E-state index is 12.7. The van der Waals surface area contributed by atoms with Crippen LogP contribution in [0.4, 0.5) is 10.1 Å². The summed E-state index contributed by atoms with van der Waals surface area (Å²) in [5.41, 5.74) is 0.576. The molecule has 3 nitrogen and oxygen atoms in total. The van der Waals surface area contributed by atoms with Gasteiger partial charge in [0, 0.05) is 10.6 Å². The maximum Gasteiger partial charge on any atom is 0.331 e. The number of aliphatic carboxylic acids is 1. The van der Waals surface area contributed by atoms with Gasteiger partial charge in [-0.3, -0.25) is 0 Å². The smallest absolute Gasteiger partial charge is 0.331 e. The minimum Gasteiger partial charge on any atom is -0.479 e. The van der Waals surface area contributed by atoms with Crippen molar-refractivity contribution in [3.8, 4) is 0 Å². The zero-order valence-electron chi connectivity index (χ0n) is 8.76. The zero-order chi connectivity index (χ0) is 12.3. The van der Waals surface area contributed by atoms with E-state index in [0.29, 0.717) is 10.6 Å². The number of thiophene rings is 1. The Bertz CT molecular complexity index is 496. The SMILES string of the molecule is O=C(O)[C@H](Nc1ccc(F)cc1)c1cccs1. The summed E-state index contributed by atoms with van der Waals surface area (Å²) >= 11 is 1.36. The van der Waals surface area contributed by atoms with Gasteiger partial charge in [-0.25, -0.2) is 9.18 Å². The van der Waals surface area contributed by atoms with E-state index >= 15 is 0 Å². The third-order valence-corrected chi connectivity index (χ3v) is 3.17. The Labute approximate surface area is 102 Å². The summed E-state index contributed by atoms with van der Waals surface area (Å²) < 4.78 is 12.7. The van der Waals surface area contributed by atoms with Gasteiger partial charge in [-0.2, -0.15) is 0 Å². The van der Waals surface area contributed by atoms with E-state index < -0.39 is 12.0 Å². The molecule has 1 aromatic heterocycles. The van der Waals surface area contributed by atoms with Crippen molar-refractivity contribution in [1.82, 2.24) is 0 Å². The zero-order valence-corrected chi connectivity index (χ0v) is 9.58. The number of hydrogen-bond acceptors (Lipinski definition) is 3. The second-order valence-electron chi connectivity index (χ2n) is 3.44. The van der Waals surface area contributed by atoms with Crippen LogP contribution in [0, 0.1) is 5.82 Å². The Balaban J connectivity index is 2.19. The predicted molar refractivity (Wildman–Crippen MR) is 64.7 cm³/mol. The molecule has 1 atom stereocenters. The number of carbonyl (C=O) groups is 1. The molecule has 0 radical (unpaired) electrons. The largest absolute Gasteiger partial charge is 0.479 e. The lowest BCUT2D eigenvalue weighted by Crippen LogP contribution is -2.19. The van der Waals surface area contributed by atoms with Gasteiger partial charge < -0.3 is 10.4 Å². The van der Waals surface area contributed by atoms with Crippen LogP contribution in [0.3, 0.4) is 0 Å². The van der Waals surface area contributed by atoms with E-state index in [2.05, 4.69) is 5.32 Å². The number of rotatable bonds is 4. The van der Waals surface area contributed by atoms with Crippen molar-refractivity contribution < 1.29 is 14.3 Å². The quantitative estimate of drug-likeness (QED) is 0.877. The molecular formula is C12H10FNO2S. The van der Waals surface area contributed by atoms with Crippen LogP contribution >= 0.6 is 11.3 Å². The Morgan fingerprint density at radius 1 is 1.29 bits per heavy atom. The van der Waals surface area contributed by atoms with Crippen molar-refractivity contribution in [2.24, 2.45) is 0 Å². The molecule has 2 N–H and O–H groups in total. The van der Waals surface area contributed by atoms with Crippen LogP contribution in [0.2, 0.25) is 0 Å². The highest BCUT2D eigenvalue weighted by atomic mass is 32.1. The fourth-order valence-corrected chi connectivity index (χ4v) is 2.19. The van der Waals surface area contributed by atoms with Crippen molar-refractivity contribution in [2.45, 2.75) is 6.04 Å². The summed E-state index contributed by atoms with van der Waals surface area (Å²) in [4.78, 5) is 11.8. The number of carboxylic acids is 1. The first-order valence-electron chi connectivity index (χ1n) is 4.95. The maximum atomic E-state index is 12.7. The van der Waals surface area contributed by atoms with E-state index in [0.717, 1.165) is 0 Å². The van der Waals surface area contributed by atoms with E-state index in [1.807, 2.05) is 5.38 Å². The van der Waals surface area contributed by atoms with Gasteiger partial charge in [0.1, 0.15) is 5.82 Å². The van der Waals surface area contributed by atoms with Crippen LogP contribution in [0.15, 0.2) is 41.8 Å². The van der Waals surface area contributed by atoms with Crippen LogP contribution in [0.25, 0.3) is 0 Å². The van der Waals surface area contributed by atoms with Gasteiger partial charge in [0.2, 0.25) is 0 Å². The van der Waals surface area contributed by atoms with Gasteiger partial charge in [-0.1, -0.05) is 6.07 Å². The predicted octanol–water partition coefficient (Wildman–Crippen LogP) is 3.13. The number of carboxylic acid groups (broad SMARTS) is 1. The standard InChI is InChI=1S/C12H10FNO2S/c13-8-3-5-9(6-4-8)14-11(12(15)16)10-2-1-7-17-10/h1-7,11,14H,(H,15,16)/t11-/m1/s1. The molecule has 1 heterocycles. The van der Waals surface area contributed by atoms with E-state index in [4.69, 9.17) is 5.11 Å². The number of anilines is 1. The average Bonchev–Trinajstić information content (AvgIpc) is 2.81. The van der Waals surface area contributed by atoms with Crippen molar-refractivity contribution in [2.75, 3.05) is 5.32 Å². The summed E-state index contributed by atoms with van der Waals surface area (Å²) in [6.45, 7) is 0. The van der Waals surface area contributed by atoms with E-state index in [1.54, 1.807) is 12.1 Å². The molecule has 0 amide bonds. The van der Waals surface area contributed by atoms with Gasteiger partial charge in [-0.15, -0.1) is 11.3 Å². The Hall–Kier alpha value is -1.88. The van der Waals surface area contributed by atoms with Crippen LogP contribution in [-0.2, 0) is 4.79 Å². The molecule has 0 aliphatic rings. The molecule has 5 heteroatoms. The molecular weight excluding hydrogens is 241 g/mol. The molecule has 0 spiro atoms. The number of hydrogen-bond donors (Lipinski definition) is 2. The highest BCUT2D eigenvalue weighted by Gasteiger charge is 2.20. The number of nitrogens with one attached hydrogen (secondary N) is 1.